The number of piperidine rings is 1. The number of rotatable bonds is 8. The molecule has 2 aromatic carbocycles. The average Bonchev–Trinajstić information content (AvgIpc) is 3.21. The molecule has 1 amide bonds. The minimum Gasteiger partial charge on any atom is -0.490 e. The van der Waals surface area contributed by atoms with Crippen LogP contribution in [0.1, 0.15) is 36.7 Å². The molecular weight excluding hydrogens is 448 g/mol. The third-order valence-corrected chi connectivity index (χ3v) is 6.88. The van der Waals surface area contributed by atoms with Crippen LogP contribution in [0.15, 0.2) is 47.6 Å². The summed E-state index contributed by atoms with van der Waals surface area (Å²) in [4.78, 5) is 14.9. The second-order valence-electron chi connectivity index (χ2n) is 8.52. The first kappa shape index (κ1) is 24.1. The highest BCUT2D eigenvalue weighted by atomic mass is 32.2. The number of thioether (sulfide) groups is 1. The Kier molecular flexibility index (Phi) is 7.77. The summed E-state index contributed by atoms with van der Waals surface area (Å²) < 4.78 is 13.9. The molecule has 0 saturated carbocycles. The first-order valence-electron chi connectivity index (χ1n) is 11.7. The minimum absolute atomic E-state index is 0.0772. The molecule has 0 radical (unpaired) electrons. The molecule has 8 heteroatoms. The highest BCUT2D eigenvalue weighted by molar-refractivity contribution is 7.99. The number of hydrogen-bond donors (Lipinski definition) is 0. The zero-order valence-electron chi connectivity index (χ0n) is 20.3. The largest absolute Gasteiger partial charge is 0.490 e. The monoisotopic (exact) mass is 480 g/mol. The average molecular weight is 481 g/mol. The Bertz CT molecular complexity index is 1140. The van der Waals surface area contributed by atoms with Crippen molar-refractivity contribution < 1.29 is 14.3 Å². The number of ether oxygens (including phenoxy) is 2. The zero-order valence-corrected chi connectivity index (χ0v) is 21.1. The van der Waals surface area contributed by atoms with E-state index in [2.05, 4.69) is 42.2 Å². The number of likely N-dealkylation sites (tertiary alicyclic amines) is 1. The molecular formula is C26H32N4O3S. The number of aryl methyl sites for hydroxylation is 3. The van der Waals surface area contributed by atoms with E-state index < -0.39 is 0 Å². The van der Waals surface area contributed by atoms with Gasteiger partial charge in [-0.3, -0.25) is 9.36 Å². The molecule has 3 aromatic rings. The molecule has 1 aromatic heterocycles. The Morgan fingerprint density at radius 3 is 2.53 bits per heavy atom. The smallest absolute Gasteiger partial charge is 0.233 e. The highest BCUT2D eigenvalue weighted by Crippen LogP contribution is 2.30. The van der Waals surface area contributed by atoms with Crippen LogP contribution in [0.3, 0.4) is 0 Å². The molecule has 34 heavy (non-hydrogen) atoms. The second-order valence-corrected chi connectivity index (χ2v) is 9.46. The van der Waals surface area contributed by atoms with Crippen LogP contribution in [0.5, 0.6) is 11.5 Å². The normalized spacial score (nSPS) is 14.3. The van der Waals surface area contributed by atoms with Crippen molar-refractivity contribution in [3.63, 3.8) is 0 Å². The number of carbonyl (C=O) groups excluding carboxylic acids is 1. The van der Waals surface area contributed by atoms with Gasteiger partial charge in [0.1, 0.15) is 11.9 Å². The maximum Gasteiger partial charge on any atom is 0.233 e. The van der Waals surface area contributed by atoms with Gasteiger partial charge in [0.05, 0.1) is 18.0 Å². The molecule has 0 unspecified atom stereocenters. The Morgan fingerprint density at radius 1 is 1.06 bits per heavy atom. The van der Waals surface area contributed by atoms with Gasteiger partial charge >= 0.3 is 0 Å². The lowest BCUT2D eigenvalue weighted by Crippen LogP contribution is -2.42. The molecule has 0 atom stereocenters. The van der Waals surface area contributed by atoms with E-state index in [0.29, 0.717) is 25.4 Å². The molecule has 1 aliphatic heterocycles. The van der Waals surface area contributed by atoms with Crippen molar-refractivity contribution >= 4 is 17.7 Å². The van der Waals surface area contributed by atoms with Crippen molar-refractivity contribution in [2.24, 2.45) is 0 Å². The maximum absolute atomic E-state index is 12.9. The molecule has 0 aliphatic carbocycles. The number of nitrogens with zero attached hydrogens (tertiary/aromatic N) is 4. The fourth-order valence-electron chi connectivity index (χ4n) is 4.12. The van der Waals surface area contributed by atoms with Crippen LogP contribution < -0.4 is 9.47 Å². The van der Waals surface area contributed by atoms with Gasteiger partial charge in [-0.15, -0.1) is 10.2 Å². The molecule has 2 heterocycles. The van der Waals surface area contributed by atoms with E-state index in [1.54, 1.807) is 0 Å². The molecule has 0 bridgehead atoms. The number of amides is 1. The third kappa shape index (κ3) is 5.55. The van der Waals surface area contributed by atoms with E-state index >= 15 is 0 Å². The van der Waals surface area contributed by atoms with Crippen LogP contribution in [-0.4, -0.2) is 57.1 Å². The van der Waals surface area contributed by atoms with Gasteiger partial charge in [-0.2, -0.15) is 0 Å². The van der Waals surface area contributed by atoms with E-state index in [1.165, 1.54) is 17.3 Å². The van der Waals surface area contributed by atoms with E-state index in [0.717, 1.165) is 46.6 Å². The number of benzene rings is 2. The number of hydrogen-bond acceptors (Lipinski definition) is 6. The molecule has 180 valence electrons. The molecule has 1 aliphatic rings. The predicted molar refractivity (Wildman–Crippen MR) is 134 cm³/mol. The van der Waals surface area contributed by atoms with Crippen LogP contribution in [-0.2, 0) is 4.79 Å². The summed E-state index contributed by atoms with van der Waals surface area (Å²) in [6.45, 7) is 10.0. The molecule has 1 fully saturated rings. The number of aromatic nitrogens is 3. The van der Waals surface area contributed by atoms with Crippen LogP contribution in [0.4, 0.5) is 0 Å². The molecule has 1 saturated heterocycles. The van der Waals surface area contributed by atoms with Gasteiger partial charge in [0.2, 0.25) is 5.91 Å². The Hall–Kier alpha value is -3.00. The highest BCUT2D eigenvalue weighted by Gasteiger charge is 2.25. The van der Waals surface area contributed by atoms with Gasteiger partial charge < -0.3 is 14.4 Å². The van der Waals surface area contributed by atoms with Crippen molar-refractivity contribution in [1.82, 2.24) is 19.7 Å². The SMILES string of the molecule is CCOc1ccccc1OC1CCN(C(=O)CSc2nnc(C)n2-c2cc(C)ccc2C)CC1. The minimum atomic E-state index is 0.0772. The summed E-state index contributed by atoms with van der Waals surface area (Å²) in [5.74, 6) is 2.80. The summed E-state index contributed by atoms with van der Waals surface area (Å²) >= 11 is 1.44. The van der Waals surface area contributed by atoms with Gasteiger partial charge in [0.15, 0.2) is 16.7 Å². The van der Waals surface area contributed by atoms with Gasteiger partial charge in [-0.25, -0.2) is 0 Å². The van der Waals surface area contributed by atoms with Crippen molar-refractivity contribution in [3.8, 4) is 17.2 Å². The van der Waals surface area contributed by atoms with Gasteiger partial charge in [0.25, 0.3) is 0 Å². The van der Waals surface area contributed by atoms with Crippen LogP contribution >= 0.6 is 11.8 Å². The lowest BCUT2D eigenvalue weighted by molar-refractivity contribution is -0.130. The van der Waals surface area contributed by atoms with Crippen LogP contribution in [0, 0.1) is 20.8 Å². The summed E-state index contributed by atoms with van der Waals surface area (Å²) in [7, 11) is 0. The topological polar surface area (TPSA) is 69.5 Å². The molecule has 0 spiro atoms. The van der Waals surface area contributed by atoms with Crippen molar-refractivity contribution in [2.75, 3.05) is 25.4 Å². The number of carbonyl (C=O) groups is 1. The predicted octanol–water partition coefficient (Wildman–Crippen LogP) is 4.75. The van der Waals surface area contributed by atoms with E-state index in [9.17, 15) is 4.79 Å². The third-order valence-electron chi connectivity index (χ3n) is 5.96. The fourth-order valence-corrected chi connectivity index (χ4v) is 5.01. The van der Waals surface area contributed by atoms with Crippen molar-refractivity contribution in [2.45, 2.75) is 51.8 Å². The van der Waals surface area contributed by atoms with Crippen LogP contribution in [0.25, 0.3) is 5.69 Å². The zero-order chi connectivity index (χ0) is 24.1. The van der Waals surface area contributed by atoms with Gasteiger partial charge in [0, 0.05) is 25.9 Å². The first-order chi connectivity index (χ1) is 16.5. The van der Waals surface area contributed by atoms with Crippen molar-refractivity contribution in [1.29, 1.82) is 0 Å². The Morgan fingerprint density at radius 2 is 1.79 bits per heavy atom. The van der Waals surface area contributed by atoms with E-state index in [1.807, 2.05) is 47.6 Å². The Balaban J connectivity index is 1.33. The van der Waals surface area contributed by atoms with Gasteiger partial charge in [-0.1, -0.05) is 36.0 Å². The first-order valence-corrected chi connectivity index (χ1v) is 12.7. The fraction of sp³-hybridized carbons (Fsp3) is 0.423. The molecule has 7 nitrogen and oxygen atoms in total. The molecule has 0 N–H and O–H groups in total. The van der Waals surface area contributed by atoms with Gasteiger partial charge in [-0.05, 0) is 57.0 Å². The van der Waals surface area contributed by atoms with Crippen molar-refractivity contribution in [3.05, 3.63) is 59.4 Å². The molecule has 4 rings (SSSR count). The lowest BCUT2D eigenvalue weighted by Gasteiger charge is -2.32. The Labute approximate surface area is 205 Å². The second kappa shape index (κ2) is 11.0. The van der Waals surface area contributed by atoms with E-state index in [4.69, 9.17) is 9.47 Å². The number of para-hydroxylation sites is 2. The summed E-state index contributed by atoms with van der Waals surface area (Å²) in [5.41, 5.74) is 3.38. The standard InChI is InChI=1S/C26H32N4O3S/c1-5-32-23-8-6-7-9-24(23)33-21-12-14-29(15-13-21)25(31)17-34-26-28-27-20(4)30(26)22-16-18(2)10-11-19(22)3/h6-11,16,21H,5,12-15,17H2,1-4H3. The van der Waals surface area contributed by atoms with E-state index in [-0.39, 0.29) is 12.0 Å². The summed E-state index contributed by atoms with van der Waals surface area (Å²) in [6, 6.07) is 14.1. The quantitative estimate of drug-likeness (QED) is 0.433. The summed E-state index contributed by atoms with van der Waals surface area (Å²) in [5, 5.41) is 9.34. The maximum atomic E-state index is 12.9. The summed E-state index contributed by atoms with van der Waals surface area (Å²) in [6.07, 6.45) is 1.68. The lowest BCUT2D eigenvalue weighted by atomic mass is 10.1. The van der Waals surface area contributed by atoms with Crippen LogP contribution in [0.2, 0.25) is 0 Å².